The number of benzene rings is 2. The lowest BCUT2D eigenvalue weighted by Gasteiger charge is -2.14. The third-order valence-electron chi connectivity index (χ3n) is 4.92. The van der Waals surface area contributed by atoms with Crippen molar-refractivity contribution < 1.29 is 28.2 Å². The largest absolute Gasteiger partial charge is 0.493 e. The van der Waals surface area contributed by atoms with Crippen LogP contribution in [0, 0.1) is 12.7 Å². The van der Waals surface area contributed by atoms with E-state index in [1.807, 2.05) is 0 Å². The summed E-state index contributed by atoms with van der Waals surface area (Å²) in [7, 11) is 4.35. The lowest BCUT2D eigenvalue weighted by molar-refractivity contribution is -0.120. The highest BCUT2D eigenvalue weighted by atomic mass is 19.1. The van der Waals surface area contributed by atoms with Crippen LogP contribution in [0.5, 0.6) is 17.2 Å². The van der Waals surface area contributed by atoms with E-state index in [1.165, 1.54) is 39.5 Å². The van der Waals surface area contributed by atoms with Crippen molar-refractivity contribution in [3.8, 4) is 22.9 Å². The molecule has 0 saturated carbocycles. The number of carbonyl (C=O) groups excluding carboxylic acids is 2. The van der Waals surface area contributed by atoms with E-state index >= 15 is 0 Å². The Bertz CT molecular complexity index is 1140. The first-order valence-corrected chi connectivity index (χ1v) is 10.0. The number of rotatable bonds is 9. The number of carbonyl (C=O) groups is 2. The van der Waals surface area contributed by atoms with Crippen LogP contribution in [0.2, 0.25) is 0 Å². The first-order chi connectivity index (χ1) is 15.9. The molecule has 33 heavy (non-hydrogen) atoms. The van der Waals surface area contributed by atoms with Crippen molar-refractivity contribution in [3.05, 3.63) is 65.5 Å². The second kappa shape index (κ2) is 10.5. The minimum absolute atomic E-state index is 0.110. The van der Waals surface area contributed by atoms with Gasteiger partial charge in [0.15, 0.2) is 11.5 Å². The van der Waals surface area contributed by atoms with E-state index in [-0.39, 0.29) is 18.7 Å². The van der Waals surface area contributed by atoms with Gasteiger partial charge in [-0.1, -0.05) is 6.07 Å². The molecule has 0 saturated heterocycles. The Hall–Kier alpha value is -4.08. The van der Waals surface area contributed by atoms with Crippen molar-refractivity contribution in [2.75, 3.05) is 27.9 Å². The fourth-order valence-electron chi connectivity index (χ4n) is 3.23. The average Bonchev–Trinajstić information content (AvgIpc) is 3.25. The molecule has 0 bridgehead atoms. The van der Waals surface area contributed by atoms with E-state index in [0.717, 1.165) is 0 Å². The molecule has 2 amide bonds. The van der Waals surface area contributed by atoms with Gasteiger partial charge in [-0.2, -0.15) is 0 Å². The Kier molecular flexibility index (Phi) is 7.50. The van der Waals surface area contributed by atoms with Crippen LogP contribution in [0.15, 0.2) is 42.7 Å². The van der Waals surface area contributed by atoms with Crippen LogP contribution in [0.3, 0.4) is 0 Å². The molecule has 3 aromatic rings. The highest BCUT2D eigenvalue weighted by Gasteiger charge is 2.17. The standard InChI is InChI=1S/C23H25FN4O5/c1-14-25-7-8-28(14)18-6-5-15(9-17(18)24)12-26-21(29)13-27-23(30)16-10-19(31-2)22(33-4)20(11-16)32-3/h5-11H,12-13H2,1-4H3,(H,26,29)(H,27,30). The van der Waals surface area contributed by atoms with Gasteiger partial charge in [-0.15, -0.1) is 0 Å². The van der Waals surface area contributed by atoms with Gasteiger partial charge in [0, 0.05) is 24.5 Å². The molecule has 0 unspecified atom stereocenters. The average molecular weight is 456 g/mol. The van der Waals surface area contributed by atoms with Crippen LogP contribution in [0.1, 0.15) is 21.7 Å². The van der Waals surface area contributed by atoms with Gasteiger partial charge in [-0.05, 0) is 36.8 Å². The smallest absolute Gasteiger partial charge is 0.251 e. The topological polar surface area (TPSA) is 104 Å². The molecule has 10 heteroatoms. The molecule has 0 fully saturated rings. The summed E-state index contributed by atoms with van der Waals surface area (Å²) in [4.78, 5) is 28.7. The molecule has 0 aliphatic carbocycles. The predicted octanol–water partition coefficient (Wildman–Crippen LogP) is 2.39. The summed E-state index contributed by atoms with van der Waals surface area (Å²) in [5, 5.41) is 5.19. The Labute approximate surface area is 190 Å². The molecule has 2 aromatic carbocycles. The molecule has 0 radical (unpaired) electrons. The van der Waals surface area contributed by atoms with E-state index in [2.05, 4.69) is 15.6 Å². The van der Waals surface area contributed by atoms with Crippen LogP contribution in [-0.4, -0.2) is 49.2 Å². The summed E-state index contributed by atoms with van der Waals surface area (Å²) in [5.74, 6) is 0.318. The van der Waals surface area contributed by atoms with E-state index in [0.29, 0.717) is 34.3 Å². The number of nitrogens with one attached hydrogen (secondary N) is 2. The fourth-order valence-corrected chi connectivity index (χ4v) is 3.23. The Morgan fingerprint density at radius 3 is 2.27 bits per heavy atom. The first-order valence-electron chi connectivity index (χ1n) is 10.0. The lowest BCUT2D eigenvalue weighted by Crippen LogP contribution is -2.36. The van der Waals surface area contributed by atoms with Crippen molar-refractivity contribution in [3.63, 3.8) is 0 Å². The molecular weight excluding hydrogens is 431 g/mol. The van der Waals surface area contributed by atoms with Gasteiger partial charge in [-0.25, -0.2) is 9.37 Å². The highest BCUT2D eigenvalue weighted by molar-refractivity contribution is 5.97. The van der Waals surface area contributed by atoms with Crippen LogP contribution in [0.25, 0.3) is 5.69 Å². The molecule has 0 aliphatic rings. The maximum Gasteiger partial charge on any atom is 0.251 e. The second-order valence-corrected chi connectivity index (χ2v) is 7.00. The molecule has 0 spiro atoms. The summed E-state index contributed by atoms with van der Waals surface area (Å²) >= 11 is 0. The van der Waals surface area contributed by atoms with E-state index < -0.39 is 17.6 Å². The Morgan fingerprint density at radius 2 is 1.73 bits per heavy atom. The third-order valence-corrected chi connectivity index (χ3v) is 4.92. The minimum Gasteiger partial charge on any atom is -0.493 e. The maximum absolute atomic E-state index is 14.5. The van der Waals surface area contributed by atoms with Crippen molar-refractivity contribution in [2.24, 2.45) is 0 Å². The van der Waals surface area contributed by atoms with Gasteiger partial charge >= 0.3 is 0 Å². The number of hydrogen-bond acceptors (Lipinski definition) is 6. The van der Waals surface area contributed by atoms with Crippen molar-refractivity contribution in [2.45, 2.75) is 13.5 Å². The number of amides is 2. The van der Waals surface area contributed by atoms with E-state index in [9.17, 15) is 14.0 Å². The Balaban J connectivity index is 1.57. The zero-order valence-corrected chi connectivity index (χ0v) is 18.8. The number of imidazole rings is 1. The number of methoxy groups -OCH3 is 3. The summed E-state index contributed by atoms with van der Waals surface area (Å²) in [6, 6.07) is 7.66. The van der Waals surface area contributed by atoms with E-state index in [1.54, 1.807) is 36.0 Å². The number of halogens is 1. The second-order valence-electron chi connectivity index (χ2n) is 7.00. The first kappa shape index (κ1) is 23.6. The van der Waals surface area contributed by atoms with Crippen LogP contribution < -0.4 is 24.8 Å². The van der Waals surface area contributed by atoms with Gasteiger partial charge in [-0.3, -0.25) is 9.59 Å². The van der Waals surface area contributed by atoms with E-state index in [4.69, 9.17) is 14.2 Å². The highest BCUT2D eigenvalue weighted by Crippen LogP contribution is 2.38. The summed E-state index contributed by atoms with van der Waals surface area (Å²) in [6.07, 6.45) is 3.27. The number of ether oxygens (including phenoxy) is 3. The normalized spacial score (nSPS) is 10.5. The molecule has 2 N–H and O–H groups in total. The monoisotopic (exact) mass is 456 g/mol. The van der Waals surface area contributed by atoms with Gasteiger partial charge in [0.25, 0.3) is 5.91 Å². The van der Waals surface area contributed by atoms with Crippen LogP contribution in [-0.2, 0) is 11.3 Å². The lowest BCUT2D eigenvalue weighted by atomic mass is 10.1. The van der Waals surface area contributed by atoms with Crippen molar-refractivity contribution in [1.82, 2.24) is 20.2 Å². The molecule has 174 valence electrons. The van der Waals surface area contributed by atoms with Crippen LogP contribution in [0.4, 0.5) is 4.39 Å². The quantitative estimate of drug-likeness (QED) is 0.513. The fraction of sp³-hybridized carbons (Fsp3) is 0.261. The minimum atomic E-state index is -0.490. The molecule has 0 aliphatic heterocycles. The number of hydrogen-bond donors (Lipinski definition) is 2. The van der Waals surface area contributed by atoms with Gasteiger partial charge in [0.2, 0.25) is 11.7 Å². The molecule has 9 nitrogen and oxygen atoms in total. The zero-order chi connectivity index (χ0) is 24.0. The summed E-state index contributed by atoms with van der Waals surface area (Å²) in [6.45, 7) is 1.63. The number of aromatic nitrogens is 2. The van der Waals surface area contributed by atoms with Crippen molar-refractivity contribution in [1.29, 1.82) is 0 Å². The Morgan fingerprint density at radius 1 is 1.03 bits per heavy atom. The van der Waals surface area contributed by atoms with Gasteiger partial charge in [0.05, 0.1) is 33.6 Å². The number of nitrogens with zero attached hydrogens (tertiary/aromatic N) is 2. The molecule has 1 heterocycles. The summed E-state index contributed by atoms with van der Waals surface area (Å²) < 4.78 is 31.8. The van der Waals surface area contributed by atoms with Gasteiger partial charge in [0.1, 0.15) is 11.6 Å². The third kappa shape index (κ3) is 5.40. The van der Waals surface area contributed by atoms with Crippen molar-refractivity contribution >= 4 is 11.8 Å². The molecule has 1 aromatic heterocycles. The summed E-state index contributed by atoms with van der Waals surface area (Å²) in [5.41, 5.74) is 1.20. The van der Waals surface area contributed by atoms with Gasteiger partial charge < -0.3 is 29.4 Å². The SMILES string of the molecule is COc1cc(C(=O)NCC(=O)NCc2ccc(-n3ccnc3C)c(F)c2)cc(OC)c1OC. The zero-order valence-electron chi connectivity index (χ0n) is 18.8. The number of aryl methyl sites for hydroxylation is 1. The maximum atomic E-state index is 14.5. The molecular formula is C23H25FN4O5. The molecule has 0 atom stereocenters. The van der Waals surface area contributed by atoms with Crippen LogP contribution >= 0.6 is 0 Å². The predicted molar refractivity (Wildman–Crippen MR) is 119 cm³/mol. The molecule has 3 rings (SSSR count).